The van der Waals surface area contributed by atoms with Crippen LogP contribution in [-0.4, -0.2) is 33.8 Å². The molecule has 2 N–H and O–H groups in total. The van der Waals surface area contributed by atoms with Gasteiger partial charge in [-0.15, -0.1) is 4.91 Å². The summed E-state index contributed by atoms with van der Waals surface area (Å²) in [6.07, 6.45) is 1.27. The molecule has 1 heterocycles. The normalized spacial score (nSPS) is 17.8. The maximum Gasteiger partial charge on any atom is 0.328 e. The number of hydrogen-bond acceptors (Lipinski definition) is 4. The summed E-state index contributed by atoms with van der Waals surface area (Å²) in [6, 6.07) is 8.84. The summed E-state index contributed by atoms with van der Waals surface area (Å²) in [4.78, 5) is 20.3. The highest BCUT2D eigenvalue weighted by atomic mass is 16.4. The molecule has 0 unspecified atom stereocenters. The highest BCUT2D eigenvalue weighted by Crippen LogP contribution is 2.16. The van der Waals surface area contributed by atoms with E-state index in [9.17, 15) is 9.70 Å². The number of aliphatic carboxylic acids is 1. The van der Waals surface area contributed by atoms with Crippen molar-refractivity contribution >= 4 is 5.97 Å². The van der Waals surface area contributed by atoms with Crippen LogP contribution < -0.4 is 0 Å². The van der Waals surface area contributed by atoms with Gasteiger partial charge in [-0.05, 0) is 18.4 Å². The van der Waals surface area contributed by atoms with E-state index >= 15 is 0 Å². The van der Waals surface area contributed by atoms with Gasteiger partial charge >= 0.3 is 5.97 Å². The second-order valence-corrected chi connectivity index (χ2v) is 3.88. The van der Waals surface area contributed by atoms with Crippen molar-refractivity contribution < 1.29 is 15.0 Å². The third-order valence-electron chi connectivity index (χ3n) is 2.64. The molecule has 0 aromatic heterocycles. The smallest absolute Gasteiger partial charge is 0.328 e. The fourth-order valence-electron chi connectivity index (χ4n) is 1.68. The second kappa shape index (κ2) is 7.39. The van der Waals surface area contributed by atoms with E-state index < -0.39 is 12.0 Å². The van der Waals surface area contributed by atoms with Crippen molar-refractivity contribution in [3.63, 3.8) is 0 Å². The molecule has 0 radical (unpaired) electrons. The Kier molecular flexibility index (Phi) is 5.79. The molecule has 1 aromatic rings. The molecule has 6 heteroatoms. The van der Waals surface area contributed by atoms with Crippen molar-refractivity contribution in [3.05, 3.63) is 40.8 Å². The Bertz CT molecular complexity index is 383. The molecule has 1 atom stereocenters. The Morgan fingerprint density at radius 2 is 2.06 bits per heavy atom. The van der Waals surface area contributed by atoms with E-state index in [1.54, 1.807) is 0 Å². The molecule has 1 saturated heterocycles. The molecule has 0 bridgehead atoms. The average molecular weight is 252 g/mol. The molecular formula is C12H16N2O4. The SMILES string of the molecule is O=NN1CCC[C@H]1C(=O)O.OCc1ccccc1. The van der Waals surface area contributed by atoms with Crippen molar-refractivity contribution in [1.82, 2.24) is 5.01 Å². The van der Waals surface area contributed by atoms with Gasteiger partial charge in [-0.1, -0.05) is 30.3 Å². The largest absolute Gasteiger partial charge is 0.480 e. The summed E-state index contributed by atoms with van der Waals surface area (Å²) in [5, 5.41) is 20.7. The molecule has 1 fully saturated rings. The molecule has 98 valence electrons. The predicted molar refractivity (Wildman–Crippen MR) is 65.5 cm³/mol. The summed E-state index contributed by atoms with van der Waals surface area (Å²) in [7, 11) is 0. The first-order chi connectivity index (χ1) is 8.69. The minimum absolute atomic E-state index is 0.140. The van der Waals surface area contributed by atoms with Gasteiger partial charge in [0.1, 0.15) is 6.04 Å². The molecule has 1 aliphatic rings. The van der Waals surface area contributed by atoms with Gasteiger partial charge in [0.05, 0.1) is 11.9 Å². The van der Waals surface area contributed by atoms with Crippen LogP contribution in [0.5, 0.6) is 0 Å². The van der Waals surface area contributed by atoms with Crippen LogP contribution in [0.3, 0.4) is 0 Å². The molecule has 0 spiro atoms. The number of benzene rings is 1. The first-order valence-corrected chi connectivity index (χ1v) is 5.66. The topological polar surface area (TPSA) is 90.2 Å². The number of carboxylic acids is 1. The van der Waals surface area contributed by atoms with Crippen LogP contribution in [0, 0.1) is 4.91 Å². The summed E-state index contributed by atoms with van der Waals surface area (Å²) < 4.78 is 0. The molecule has 0 amide bonds. The monoisotopic (exact) mass is 252 g/mol. The number of aliphatic hydroxyl groups excluding tert-OH is 1. The van der Waals surface area contributed by atoms with Gasteiger partial charge in [0.2, 0.25) is 0 Å². The van der Waals surface area contributed by atoms with Crippen LogP contribution in [0.2, 0.25) is 0 Å². The predicted octanol–water partition coefficient (Wildman–Crippen LogP) is 1.40. The van der Waals surface area contributed by atoms with Crippen LogP contribution in [0.4, 0.5) is 0 Å². The summed E-state index contributed by atoms with van der Waals surface area (Å²) >= 11 is 0. The standard InChI is InChI=1S/C7H8O.C5H8N2O3/c8-6-7-4-2-1-3-5-7;8-5(9)4-2-1-3-7(4)6-10/h1-5,8H,6H2;4H,1-3H2,(H,8,9)/t;4-/m.0/s1. The van der Waals surface area contributed by atoms with Crippen molar-refractivity contribution in [3.8, 4) is 0 Å². The zero-order chi connectivity index (χ0) is 13.4. The molecule has 1 aromatic carbocycles. The van der Waals surface area contributed by atoms with Crippen LogP contribution in [0.1, 0.15) is 18.4 Å². The minimum atomic E-state index is -0.961. The fraction of sp³-hybridized carbons (Fsp3) is 0.417. The first-order valence-electron chi connectivity index (χ1n) is 5.66. The maximum absolute atomic E-state index is 10.3. The lowest BCUT2D eigenvalue weighted by molar-refractivity contribution is -0.142. The highest BCUT2D eigenvalue weighted by Gasteiger charge is 2.30. The van der Waals surface area contributed by atoms with Gasteiger partial charge in [0, 0.05) is 6.54 Å². The van der Waals surface area contributed by atoms with Gasteiger partial charge in [-0.25, -0.2) is 9.80 Å². The van der Waals surface area contributed by atoms with E-state index in [1.807, 2.05) is 30.3 Å². The minimum Gasteiger partial charge on any atom is -0.480 e. The Balaban J connectivity index is 0.000000184. The molecule has 0 saturated carbocycles. The molecule has 1 aliphatic heterocycles. The Morgan fingerprint density at radius 1 is 1.39 bits per heavy atom. The average Bonchev–Trinajstić information content (AvgIpc) is 2.89. The number of aliphatic hydroxyl groups is 1. The lowest BCUT2D eigenvalue weighted by Gasteiger charge is -2.11. The number of nitrogens with zero attached hydrogens (tertiary/aromatic N) is 2. The summed E-state index contributed by atoms with van der Waals surface area (Å²) in [5.74, 6) is -0.961. The van der Waals surface area contributed by atoms with E-state index in [4.69, 9.17) is 10.2 Å². The number of rotatable bonds is 3. The van der Waals surface area contributed by atoms with Crippen molar-refractivity contribution in [1.29, 1.82) is 0 Å². The summed E-state index contributed by atoms with van der Waals surface area (Å²) in [6.45, 7) is 0.612. The Hall–Kier alpha value is -1.95. The van der Waals surface area contributed by atoms with Crippen LogP contribution in [-0.2, 0) is 11.4 Å². The van der Waals surface area contributed by atoms with E-state index in [1.165, 1.54) is 0 Å². The lowest BCUT2D eigenvalue weighted by atomic mass is 10.2. The molecule has 18 heavy (non-hydrogen) atoms. The number of hydrogen-bond donors (Lipinski definition) is 2. The van der Waals surface area contributed by atoms with Crippen LogP contribution in [0.25, 0.3) is 0 Å². The third kappa shape index (κ3) is 4.14. The molecular weight excluding hydrogens is 236 g/mol. The van der Waals surface area contributed by atoms with Gasteiger partial charge < -0.3 is 10.2 Å². The van der Waals surface area contributed by atoms with Crippen molar-refractivity contribution in [2.45, 2.75) is 25.5 Å². The van der Waals surface area contributed by atoms with Gasteiger partial charge in [0.25, 0.3) is 0 Å². The van der Waals surface area contributed by atoms with Gasteiger partial charge in [-0.2, -0.15) is 0 Å². The molecule has 2 rings (SSSR count). The van der Waals surface area contributed by atoms with Crippen molar-refractivity contribution in [2.24, 2.45) is 5.29 Å². The van der Waals surface area contributed by atoms with E-state index in [0.717, 1.165) is 17.0 Å². The van der Waals surface area contributed by atoms with E-state index in [-0.39, 0.29) is 6.61 Å². The Labute approximate surface area is 105 Å². The molecule has 0 aliphatic carbocycles. The lowest BCUT2D eigenvalue weighted by Crippen LogP contribution is -2.31. The third-order valence-corrected chi connectivity index (χ3v) is 2.64. The van der Waals surface area contributed by atoms with Crippen molar-refractivity contribution in [2.75, 3.05) is 6.54 Å². The first kappa shape index (κ1) is 14.1. The zero-order valence-corrected chi connectivity index (χ0v) is 9.90. The number of carbonyl (C=O) groups is 1. The van der Waals surface area contributed by atoms with Crippen LogP contribution >= 0.6 is 0 Å². The van der Waals surface area contributed by atoms with Gasteiger partial charge in [0.15, 0.2) is 0 Å². The summed E-state index contributed by atoms with van der Waals surface area (Å²) in [5.41, 5.74) is 0.965. The Morgan fingerprint density at radius 3 is 2.44 bits per heavy atom. The zero-order valence-electron chi connectivity index (χ0n) is 9.90. The van der Waals surface area contributed by atoms with E-state index in [0.29, 0.717) is 13.0 Å². The number of nitroso groups, excluding NO2 is 1. The number of carboxylic acid groups (broad SMARTS) is 1. The highest BCUT2D eigenvalue weighted by molar-refractivity contribution is 5.73. The van der Waals surface area contributed by atoms with Crippen LogP contribution in [0.15, 0.2) is 35.6 Å². The molecule has 6 nitrogen and oxygen atoms in total. The quantitative estimate of drug-likeness (QED) is 0.793. The second-order valence-electron chi connectivity index (χ2n) is 3.88. The van der Waals surface area contributed by atoms with Gasteiger partial charge in [-0.3, -0.25) is 0 Å². The maximum atomic E-state index is 10.3. The fourth-order valence-corrected chi connectivity index (χ4v) is 1.68. The van der Waals surface area contributed by atoms with E-state index in [2.05, 4.69) is 5.29 Å².